The van der Waals surface area contributed by atoms with E-state index < -0.39 is 5.92 Å². The van der Waals surface area contributed by atoms with Gasteiger partial charge in [-0.25, -0.2) is 0 Å². The molecule has 0 spiro atoms. The Morgan fingerprint density at radius 2 is 2.00 bits per heavy atom. The normalized spacial score (nSPS) is 19.7. The first-order chi connectivity index (χ1) is 16.6. The zero-order valence-corrected chi connectivity index (χ0v) is 22.3. The second-order valence-corrected chi connectivity index (χ2v) is 12.4. The van der Waals surface area contributed by atoms with Crippen molar-refractivity contribution in [2.75, 3.05) is 19.1 Å². The molecule has 0 radical (unpaired) electrons. The first-order valence-electron chi connectivity index (χ1n) is 11.3. The van der Waals surface area contributed by atoms with Crippen molar-refractivity contribution in [3.63, 3.8) is 0 Å². The Balaban J connectivity index is 1.95. The predicted octanol–water partition coefficient (Wildman–Crippen LogP) is 5.00. The van der Waals surface area contributed by atoms with E-state index in [1.807, 2.05) is 6.07 Å². The molecule has 0 bridgehead atoms. The van der Waals surface area contributed by atoms with Gasteiger partial charge < -0.3 is 15.2 Å². The van der Waals surface area contributed by atoms with Crippen LogP contribution in [-0.4, -0.2) is 35.5 Å². The van der Waals surface area contributed by atoms with E-state index in [0.29, 0.717) is 45.9 Å². The average molecular weight is 512 g/mol. The molecule has 2 heterocycles. The third-order valence-electron chi connectivity index (χ3n) is 6.06. The van der Waals surface area contributed by atoms with Crippen LogP contribution in [0.3, 0.4) is 0 Å². The summed E-state index contributed by atoms with van der Waals surface area (Å²) in [6.07, 6.45) is 0.979. The molecule has 1 unspecified atom stereocenters. The molecule has 1 aromatic heterocycles. The van der Waals surface area contributed by atoms with E-state index in [-0.39, 0.29) is 22.6 Å². The predicted molar refractivity (Wildman–Crippen MR) is 138 cm³/mol. The molecule has 1 aliphatic carbocycles. The Morgan fingerprint density at radius 1 is 1.26 bits per heavy atom. The molecule has 2 aromatic rings. The highest BCUT2D eigenvalue weighted by atomic mass is 32.2. The van der Waals surface area contributed by atoms with Crippen LogP contribution in [0.1, 0.15) is 52.0 Å². The maximum absolute atomic E-state index is 13.7. The van der Waals surface area contributed by atoms with Gasteiger partial charge in [-0.3, -0.25) is 9.69 Å². The number of ether oxygens (including phenoxy) is 2. The van der Waals surface area contributed by atoms with Gasteiger partial charge in [0, 0.05) is 34.6 Å². The van der Waals surface area contributed by atoms with E-state index >= 15 is 0 Å². The molecule has 1 atom stereocenters. The van der Waals surface area contributed by atoms with Crippen LogP contribution in [0.25, 0.3) is 0 Å². The van der Waals surface area contributed by atoms with Gasteiger partial charge in [0.05, 0.1) is 31.8 Å². The van der Waals surface area contributed by atoms with Crippen molar-refractivity contribution in [3.8, 4) is 17.6 Å². The second-order valence-electron chi connectivity index (χ2n) is 9.61. The van der Waals surface area contributed by atoms with Crippen molar-refractivity contribution in [2.24, 2.45) is 11.1 Å². The highest BCUT2D eigenvalue weighted by molar-refractivity contribution is 8.01. The van der Waals surface area contributed by atoms with Gasteiger partial charge in [-0.1, -0.05) is 56.9 Å². The summed E-state index contributed by atoms with van der Waals surface area (Å²) in [5, 5.41) is 19.9. The fourth-order valence-corrected chi connectivity index (χ4v) is 6.74. The lowest BCUT2D eigenvalue weighted by molar-refractivity contribution is -0.118. The number of hydrogen-bond acceptors (Lipinski definition) is 10. The number of benzene rings is 1. The number of carbonyl (C=O) groups is 1. The quantitative estimate of drug-likeness (QED) is 0.535. The van der Waals surface area contributed by atoms with Gasteiger partial charge in [0.1, 0.15) is 17.3 Å². The number of anilines is 1. The van der Waals surface area contributed by atoms with Gasteiger partial charge in [-0.05, 0) is 17.9 Å². The lowest BCUT2D eigenvalue weighted by Gasteiger charge is -2.42. The van der Waals surface area contributed by atoms with Crippen molar-refractivity contribution in [1.29, 1.82) is 5.26 Å². The first kappa shape index (κ1) is 25.1. The van der Waals surface area contributed by atoms with Crippen LogP contribution in [-0.2, 0) is 4.79 Å². The minimum absolute atomic E-state index is 0.00864. The molecule has 35 heavy (non-hydrogen) atoms. The number of nitrogens with zero attached hydrogens (tertiary/aromatic N) is 4. The zero-order chi connectivity index (χ0) is 25.5. The smallest absolute Gasteiger partial charge is 0.219 e. The number of methoxy groups -OCH3 is 2. The number of allylic oxidation sites excluding steroid dienone is 3. The van der Waals surface area contributed by atoms with E-state index in [1.165, 1.54) is 11.3 Å². The third-order valence-corrected chi connectivity index (χ3v) is 8.05. The number of Topliss-reactive ketones (excluding diaryl/α,β-unsaturated/α-hetero) is 1. The van der Waals surface area contributed by atoms with E-state index in [1.54, 1.807) is 43.0 Å². The number of carbonyl (C=O) groups excluding carboxylic acids is 1. The van der Waals surface area contributed by atoms with E-state index in [4.69, 9.17) is 15.2 Å². The Hall–Kier alpha value is -3.03. The summed E-state index contributed by atoms with van der Waals surface area (Å²) in [5.41, 5.74) is 8.74. The van der Waals surface area contributed by atoms with Crippen LogP contribution in [0.2, 0.25) is 0 Å². The van der Waals surface area contributed by atoms with Gasteiger partial charge >= 0.3 is 0 Å². The SMILES string of the molecule is COc1ccc(C2C(C#N)=C(N)N(c3nnc(SC(C)C)s3)C3=C2C(=O)CC(C)(C)C3)c(OC)c1. The maximum atomic E-state index is 13.7. The van der Waals surface area contributed by atoms with Gasteiger partial charge in [-0.2, -0.15) is 5.26 Å². The summed E-state index contributed by atoms with van der Waals surface area (Å²) < 4.78 is 11.8. The van der Waals surface area contributed by atoms with Crippen molar-refractivity contribution >= 4 is 34.0 Å². The molecule has 0 amide bonds. The van der Waals surface area contributed by atoms with Gasteiger partial charge in [-0.15, -0.1) is 10.2 Å². The van der Waals surface area contributed by atoms with Crippen LogP contribution in [0.15, 0.2) is 45.2 Å². The van der Waals surface area contributed by atoms with E-state index in [9.17, 15) is 10.1 Å². The van der Waals surface area contributed by atoms with Crippen molar-refractivity contribution in [2.45, 2.75) is 56.0 Å². The summed E-state index contributed by atoms with van der Waals surface area (Å²) in [6.45, 7) is 8.31. The Bertz CT molecular complexity index is 1270. The number of rotatable bonds is 6. The average Bonchev–Trinajstić information content (AvgIpc) is 3.24. The summed E-state index contributed by atoms with van der Waals surface area (Å²) in [4.78, 5) is 15.5. The molecule has 184 valence electrons. The van der Waals surface area contributed by atoms with Crippen molar-refractivity contribution < 1.29 is 14.3 Å². The zero-order valence-electron chi connectivity index (χ0n) is 20.7. The summed E-state index contributed by atoms with van der Waals surface area (Å²) >= 11 is 3.02. The van der Waals surface area contributed by atoms with Crippen molar-refractivity contribution in [1.82, 2.24) is 10.2 Å². The Kier molecular flexibility index (Phi) is 6.84. The molecular weight excluding hydrogens is 482 g/mol. The monoisotopic (exact) mass is 511 g/mol. The van der Waals surface area contributed by atoms with Crippen LogP contribution in [0.4, 0.5) is 5.13 Å². The van der Waals surface area contributed by atoms with Crippen LogP contribution >= 0.6 is 23.1 Å². The number of aromatic nitrogens is 2. The highest BCUT2D eigenvalue weighted by Crippen LogP contribution is 2.52. The fourth-order valence-electron chi connectivity index (χ4n) is 4.64. The number of hydrogen-bond donors (Lipinski definition) is 1. The van der Waals surface area contributed by atoms with Gasteiger partial charge in [0.2, 0.25) is 5.13 Å². The number of ketones is 1. The molecule has 0 fully saturated rings. The third kappa shape index (κ3) is 4.62. The largest absolute Gasteiger partial charge is 0.497 e. The number of nitriles is 1. The molecule has 0 saturated heterocycles. The number of thioether (sulfide) groups is 1. The topological polar surface area (TPSA) is 114 Å². The second kappa shape index (κ2) is 9.55. The maximum Gasteiger partial charge on any atom is 0.219 e. The highest BCUT2D eigenvalue weighted by Gasteiger charge is 2.46. The lowest BCUT2D eigenvalue weighted by Crippen LogP contribution is -2.42. The summed E-state index contributed by atoms with van der Waals surface area (Å²) in [7, 11) is 3.13. The molecule has 1 aliphatic heterocycles. The lowest BCUT2D eigenvalue weighted by atomic mass is 9.68. The van der Waals surface area contributed by atoms with Crippen molar-refractivity contribution in [3.05, 3.63) is 46.4 Å². The molecule has 4 rings (SSSR count). The molecule has 1 aromatic carbocycles. The minimum atomic E-state index is -0.645. The van der Waals surface area contributed by atoms with Crippen LogP contribution in [0, 0.1) is 16.7 Å². The van der Waals surface area contributed by atoms with Gasteiger partial charge in [0.15, 0.2) is 10.1 Å². The Labute approximate surface area is 213 Å². The summed E-state index contributed by atoms with van der Waals surface area (Å²) in [6, 6.07) is 7.68. The molecule has 2 aliphatic rings. The number of nitrogens with two attached hydrogens (primary N) is 1. The van der Waals surface area contributed by atoms with Crippen LogP contribution < -0.4 is 20.1 Å². The van der Waals surface area contributed by atoms with E-state index in [2.05, 4.69) is 44.0 Å². The first-order valence-corrected chi connectivity index (χ1v) is 13.0. The van der Waals surface area contributed by atoms with E-state index in [0.717, 1.165) is 10.0 Å². The standard InChI is InChI=1S/C25H29N5O3S2/c1-13(2)34-24-29-28-23(35-24)30-17-10-25(3,4)11-18(31)21(17)20(16(12-26)22(30)27)15-8-7-14(32-5)9-19(15)33-6/h7-9,13,20H,10-11,27H2,1-6H3. The van der Waals surface area contributed by atoms with Gasteiger partial charge in [0.25, 0.3) is 0 Å². The Morgan fingerprint density at radius 3 is 2.63 bits per heavy atom. The molecule has 2 N–H and O–H groups in total. The van der Waals surface area contributed by atoms with Crippen LogP contribution in [0.5, 0.6) is 11.5 Å². The molecular formula is C25H29N5O3S2. The molecule has 8 nitrogen and oxygen atoms in total. The molecule has 0 saturated carbocycles. The minimum Gasteiger partial charge on any atom is -0.497 e. The fraction of sp³-hybridized carbons (Fsp3) is 0.440. The molecule has 10 heteroatoms. The summed E-state index contributed by atoms with van der Waals surface area (Å²) in [5.74, 6) is 0.753.